The normalized spacial score (nSPS) is 23.1. The van der Waals surface area contributed by atoms with Crippen LogP contribution in [0.15, 0.2) is 36.7 Å². The molecule has 2 unspecified atom stereocenters. The van der Waals surface area contributed by atoms with Crippen LogP contribution in [0.1, 0.15) is 88.1 Å². The van der Waals surface area contributed by atoms with E-state index in [1.165, 1.54) is 57.8 Å². The summed E-state index contributed by atoms with van der Waals surface area (Å²) in [4.78, 5) is 11.3. The lowest BCUT2D eigenvalue weighted by atomic mass is 9.90. The molecule has 0 amide bonds. The summed E-state index contributed by atoms with van der Waals surface area (Å²) >= 11 is 12.9. The highest BCUT2D eigenvalue weighted by Crippen LogP contribution is 2.33. The Kier molecular flexibility index (Phi) is 11.5. The lowest BCUT2D eigenvalue weighted by Crippen LogP contribution is -2.55. The molecule has 1 aliphatic carbocycles. The van der Waals surface area contributed by atoms with Crippen molar-refractivity contribution in [2.24, 2.45) is 0 Å². The molecule has 2 aromatic rings. The van der Waals surface area contributed by atoms with Gasteiger partial charge in [0.15, 0.2) is 0 Å². The van der Waals surface area contributed by atoms with Crippen molar-refractivity contribution in [1.82, 2.24) is 25.5 Å². The van der Waals surface area contributed by atoms with Crippen LogP contribution >= 0.6 is 23.2 Å². The molecule has 1 saturated carbocycles. The summed E-state index contributed by atoms with van der Waals surface area (Å²) in [5.41, 5.74) is -0.471. The van der Waals surface area contributed by atoms with Gasteiger partial charge in [-0.1, -0.05) is 87.1 Å². The highest BCUT2D eigenvalue weighted by Gasteiger charge is 2.38. The molecule has 1 aromatic carbocycles. The van der Waals surface area contributed by atoms with Crippen molar-refractivity contribution in [2.75, 3.05) is 32.7 Å². The molecule has 2 fully saturated rings. The molecule has 1 aliphatic heterocycles. The average molecular weight is 549 g/mol. The fourth-order valence-corrected chi connectivity index (χ4v) is 6.38. The molecule has 4 rings (SSSR count). The summed E-state index contributed by atoms with van der Waals surface area (Å²) < 4.78 is 0. The Morgan fingerprint density at radius 2 is 1.62 bits per heavy atom. The van der Waals surface area contributed by atoms with Crippen LogP contribution in [0, 0.1) is 0 Å². The number of aromatic nitrogens is 2. The summed E-state index contributed by atoms with van der Waals surface area (Å²) in [5, 5.41) is 20.6. The highest BCUT2D eigenvalue weighted by atomic mass is 35.5. The summed E-state index contributed by atoms with van der Waals surface area (Å²) in [7, 11) is 0. The third kappa shape index (κ3) is 8.61. The minimum atomic E-state index is -1.18. The summed E-state index contributed by atoms with van der Waals surface area (Å²) in [6.07, 6.45) is 17.7. The maximum Gasteiger partial charge on any atom is 0.146 e. The van der Waals surface area contributed by atoms with Gasteiger partial charge in [-0.15, -0.1) is 0 Å². The van der Waals surface area contributed by atoms with Crippen LogP contribution in [-0.2, 0) is 5.60 Å². The van der Waals surface area contributed by atoms with Crippen molar-refractivity contribution < 1.29 is 5.11 Å². The van der Waals surface area contributed by atoms with Gasteiger partial charge in [-0.05, 0) is 31.0 Å². The molecule has 204 valence electrons. The predicted molar refractivity (Wildman–Crippen MR) is 152 cm³/mol. The van der Waals surface area contributed by atoms with Crippen molar-refractivity contribution in [1.29, 1.82) is 0 Å². The second-order valence-corrected chi connectivity index (χ2v) is 11.6. The number of piperazine rings is 1. The Hall–Kier alpha value is -1.28. The van der Waals surface area contributed by atoms with Crippen molar-refractivity contribution in [3.8, 4) is 0 Å². The van der Waals surface area contributed by atoms with Gasteiger partial charge in [-0.25, -0.2) is 9.97 Å². The minimum absolute atomic E-state index is 0.0195. The molecular formula is C29H43Cl2N5O. The van der Waals surface area contributed by atoms with Gasteiger partial charge in [0, 0.05) is 66.8 Å². The first-order valence-corrected chi connectivity index (χ1v) is 14.9. The van der Waals surface area contributed by atoms with Crippen molar-refractivity contribution >= 4 is 23.2 Å². The van der Waals surface area contributed by atoms with E-state index in [1.807, 2.05) is 18.2 Å². The van der Waals surface area contributed by atoms with Crippen molar-refractivity contribution in [2.45, 2.75) is 88.3 Å². The minimum Gasteiger partial charge on any atom is -0.382 e. The molecule has 0 radical (unpaired) electrons. The first-order valence-electron chi connectivity index (χ1n) is 14.2. The molecule has 1 saturated heterocycles. The standard InChI is InChI=1S/C29H43Cl2N5O/c30-23-13-14-25(26(31)19-23)29(37,21-35-24-11-8-6-4-2-1-3-5-7-9-12-24)22-36-18-17-32-20-27(36)28-33-15-10-16-34-28/h10,13-16,19,24,27,32,35,37H,1-9,11-12,17-18,20-22H2. The Balaban J connectivity index is 1.53. The molecular weight excluding hydrogens is 505 g/mol. The van der Waals surface area contributed by atoms with Crippen LogP contribution in [0.2, 0.25) is 10.0 Å². The van der Waals surface area contributed by atoms with Crippen LogP contribution in [0.4, 0.5) is 0 Å². The first-order chi connectivity index (χ1) is 18.0. The Morgan fingerprint density at radius 1 is 0.973 bits per heavy atom. The van der Waals surface area contributed by atoms with Gasteiger partial charge in [-0.3, -0.25) is 4.90 Å². The SMILES string of the molecule is OC(CNC1CCCCCCCCCCC1)(CN1CCNCC1c1ncccn1)c1ccc(Cl)cc1Cl. The van der Waals surface area contributed by atoms with Gasteiger partial charge < -0.3 is 15.7 Å². The van der Waals surface area contributed by atoms with Crippen LogP contribution in [0.25, 0.3) is 0 Å². The third-order valence-corrected chi connectivity index (χ3v) is 8.47. The van der Waals surface area contributed by atoms with E-state index in [0.717, 1.165) is 38.3 Å². The predicted octanol–water partition coefficient (Wildman–Crippen LogP) is 5.88. The molecule has 2 atom stereocenters. The van der Waals surface area contributed by atoms with E-state index in [1.54, 1.807) is 18.5 Å². The smallest absolute Gasteiger partial charge is 0.146 e. The van der Waals surface area contributed by atoms with E-state index in [0.29, 0.717) is 34.7 Å². The summed E-state index contributed by atoms with van der Waals surface area (Å²) in [6, 6.07) is 7.64. The number of hydrogen-bond acceptors (Lipinski definition) is 6. The Bertz CT molecular complexity index is 937. The third-order valence-electron chi connectivity index (χ3n) is 7.92. The molecule has 6 nitrogen and oxygen atoms in total. The molecule has 2 heterocycles. The molecule has 3 N–H and O–H groups in total. The second kappa shape index (κ2) is 14.8. The maximum absolute atomic E-state index is 12.3. The number of rotatable bonds is 7. The van der Waals surface area contributed by atoms with Crippen molar-refractivity contribution in [3.05, 3.63) is 58.1 Å². The Labute approximate surface area is 232 Å². The van der Waals surface area contributed by atoms with E-state index in [-0.39, 0.29) is 6.04 Å². The van der Waals surface area contributed by atoms with Crippen LogP contribution in [0.5, 0.6) is 0 Å². The lowest BCUT2D eigenvalue weighted by Gasteiger charge is -2.41. The quantitative estimate of drug-likeness (QED) is 0.401. The number of hydrogen-bond donors (Lipinski definition) is 3. The van der Waals surface area contributed by atoms with Gasteiger partial charge in [0.05, 0.1) is 6.04 Å². The molecule has 8 heteroatoms. The number of halogens is 2. The average Bonchev–Trinajstić information content (AvgIpc) is 2.89. The lowest BCUT2D eigenvalue weighted by molar-refractivity contribution is -0.0215. The van der Waals surface area contributed by atoms with Gasteiger partial charge >= 0.3 is 0 Å². The molecule has 1 aromatic heterocycles. The molecule has 0 spiro atoms. The molecule has 0 bridgehead atoms. The number of aliphatic hydroxyl groups is 1. The first kappa shape index (κ1) is 28.7. The second-order valence-electron chi connectivity index (χ2n) is 10.8. The van der Waals surface area contributed by atoms with Gasteiger partial charge in [-0.2, -0.15) is 0 Å². The van der Waals surface area contributed by atoms with Crippen molar-refractivity contribution in [3.63, 3.8) is 0 Å². The Morgan fingerprint density at radius 3 is 2.27 bits per heavy atom. The van der Waals surface area contributed by atoms with E-state index >= 15 is 0 Å². The zero-order valence-electron chi connectivity index (χ0n) is 22.0. The monoisotopic (exact) mass is 547 g/mol. The fraction of sp³-hybridized carbons (Fsp3) is 0.655. The number of benzene rings is 1. The van der Waals surface area contributed by atoms with Crippen LogP contribution < -0.4 is 10.6 Å². The van der Waals surface area contributed by atoms with Crippen LogP contribution in [-0.4, -0.2) is 58.7 Å². The molecule has 2 aliphatic rings. The van der Waals surface area contributed by atoms with Gasteiger partial charge in [0.1, 0.15) is 11.4 Å². The number of β-amino-alcohol motifs (C(OH)–C–C–N with tert-alkyl or cyclic N) is 1. The highest BCUT2D eigenvalue weighted by molar-refractivity contribution is 6.35. The van der Waals surface area contributed by atoms with E-state index in [2.05, 4.69) is 25.5 Å². The number of nitrogens with one attached hydrogen (secondary N) is 2. The summed E-state index contributed by atoms with van der Waals surface area (Å²) in [5.74, 6) is 0.770. The number of nitrogens with zero attached hydrogens (tertiary/aromatic N) is 3. The largest absolute Gasteiger partial charge is 0.382 e. The zero-order valence-corrected chi connectivity index (χ0v) is 23.5. The van der Waals surface area contributed by atoms with Gasteiger partial charge in [0.25, 0.3) is 0 Å². The zero-order chi connectivity index (χ0) is 25.9. The topological polar surface area (TPSA) is 73.3 Å². The van der Waals surface area contributed by atoms with E-state index in [9.17, 15) is 5.11 Å². The summed E-state index contributed by atoms with van der Waals surface area (Å²) in [6.45, 7) is 3.25. The van der Waals surface area contributed by atoms with E-state index < -0.39 is 5.60 Å². The van der Waals surface area contributed by atoms with Gasteiger partial charge in [0.2, 0.25) is 0 Å². The molecule has 37 heavy (non-hydrogen) atoms. The van der Waals surface area contributed by atoms with Crippen LogP contribution in [0.3, 0.4) is 0 Å². The fourth-order valence-electron chi connectivity index (χ4n) is 5.79. The maximum atomic E-state index is 12.3. The van der Waals surface area contributed by atoms with E-state index in [4.69, 9.17) is 23.2 Å².